The van der Waals surface area contributed by atoms with Gasteiger partial charge in [-0.15, -0.1) is 11.3 Å². The van der Waals surface area contributed by atoms with E-state index >= 15 is 0 Å². The van der Waals surface area contributed by atoms with Crippen LogP contribution in [0.15, 0.2) is 6.07 Å². The molecule has 1 aromatic heterocycles. The second-order valence-corrected chi connectivity index (χ2v) is 6.39. The van der Waals surface area contributed by atoms with Gasteiger partial charge in [0, 0.05) is 4.88 Å². The SMILES string of the molecule is CCOC(=O)c1cc(CC)sc1NC(=O)[C@@H](N)CC(C)C. The molecule has 1 atom stereocenters. The van der Waals surface area contributed by atoms with Crippen molar-refractivity contribution < 1.29 is 14.3 Å². The molecule has 0 aliphatic heterocycles. The van der Waals surface area contributed by atoms with E-state index in [-0.39, 0.29) is 5.91 Å². The number of esters is 1. The zero-order valence-corrected chi connectivity index (χ0v) is 13.9. The summed E-state index contributed by atoms with van der Waals surface area (Å²) in [5, 5.41) is 3.29. The third-order valence-electron chi connectivity index (χ3n) is 2.93. The van der Waals surface area contributed by atoms with Crippen LogP contribution in [0.25, 0.3) is 0 Å². The molecule has 0 saturated carbocycles. The summed E-state index contributed by atoms with van der Waals surface area (Å²) < 4.78 is 5.02. The molecule has 1 aromatic rings. The van der Waals surface area contributed by atoms with Gasteiger partial charge in [0.1, 0.15) is 5.00 Å². The van der Waals surface area contributed by atoms with Gasteiger partial charge in [-0.3, -0.25) is 4.79 Å². The molecule has 0 spiro atoms. The van der Waals surface area contributed by atoms with Crippen molar-refractivity contribution in [2.24, 2.45) is 11.7 Å². The van der Waals surface area contributed by atoms with Crippen LogP contribution in [-0.4, -0.2) is 24.5 Å². The van der Waals surface area contributed by atoms with Gasteiger partial charge in [-0.25, -0.2) is 4.79 Å². The number of nitrogens with one attached hydrogen (secondary N) is 1. The van der Waals surface area contributed by atoms with Crippen LogP contribution in [0.3, 0.4) is 0 Å². The maximum absolute atomic E-state index is 12.1. The third-order valence-corrected chi connectivity index (χ3v) is 4.12. The highest BCUT2D eigenvalue weighted by molar-refractivity contribution is 7.16. The first-order valence-electron chi connectivity index (χ1n) is 7.25. The normalized spacial score (nSPS) is 12.3. The molecular formula is C15H24N2O3S. The van der Waals surface area contributed by atoms with Crippen molar-refractivity contribution in [2.75, 3.05) is 11.9 Å². The van der Waals surface area contributed by atoms with Gasteiger partial charge >= 0.3 is 5.97 Å². The minimum atomic E-state index is -0.577. The molecule has 1 amide bonds. The van der Waals surface area contributed by atoms with Crippen molar-refractivity contribution in [2.45, 2.75) is 46.6 Å². The molecule has 0 aliphatic rings. The molecule has 1 heterocycles. The van der Waals surface area contributed by atoms with E-state index in [1.54, 1.807) is 13.0 Å². The summed E-state index contributed by atoms with van der Waals surface area (Å²) in [7, 11) is 0. The molecule has 118 valence electrons. The number of nitrogens with two attached hydrogens (primary N) is 1. The number of thiophene rings is 1. The van der Waals surface area contributed by atoms with Crippen LogP contribution in [0.1, 0.15) is 49.4 Å². The summed E-state index contributed by atoms with van der Waals surface area (Å²) in [4.78, 5) is 25.0. The summed E-state index contributed by atoms with van der Waals surface area (Å²) >= 11 is 1.39. The fourth-order valence-electron chi connectivity index (χ4n) is 1.89. The van der Waals surface area contributed by atoms with Crippen LogP contribution in [0.2, 0.25) is 0 Å². The van der Waals surface area contributed by atoms with E-state index in [2.05, 4.69) is 5.32 Å². The lowest BCUT2D eigenvalue weighted by atomic mass is 10.0. The molecule has 1 rings (SSSR count). The molecule has 0 aromatic carbocycles. The predicted octanol–water partition coefficient (Wildman–Crippen LogP) is 2.80. The number of hydrogen-bond donors (Lipinski definition) is 2. The second-order valence-electron chi connectivity index (χ2n) is 5.25. The molecule has 5 nitrogen and oxygen atoms in total. The molecule has 0 bridgehead atoms. The highest BCUT2D eigenvalue weighted by Gasteiger charge is 2.21. The number of aryl methyl sites for hydroxylation is 1. The van der Waals surface area contributed by atoms with E-state index in [1.165, 1.54) is 11.3 Å². The van der Waals surface area contributed by atoms with Crippen LogP contribution in [0.5, 0.6) is 0 Å². The molecule has 0 aliphatic carbocycles. The molecule has 0 radical (unpaired) electrons. The Morgan fingerprint density at radius 1 is 1.38 bits per heavy atom. The Hall–Kier alpha value is -1.40. The van der Waals surface area contributed by atoms with E-state index in [9.17, 15) is 9.59 Å². The Kier molecular flexibility index (Phi) is 6.84. The maximum Gasteiger partial charge on any atom is 0.341 e. The van der Waals surface area contributed by atoms with Crippen molar-refractivity contribution >= 4 is 28.2 Å². The van der Waals surface area contributed by atoms with Crippen LogP contribution < -0.4 is 11.1 Å². The zero-order chi connectivity index (χ0) is 16.0. The summed E-state index contributed by atoms with van der Waals surface area (Å²) in [5.74, 6) is -0.343. The number of ether oxygens (including phenoxy) is 1. The van der Waals surface area contributed by atoms with Crippen LogP contribution >= 0.6 is 11.3 Å². The quantitative estimate of drug-likeness (QED) is 0.759. The topological polar surface area (TPSA) is 81.4 Å². The molecule has 0 unspecified atom stereocenters. The predicted molar refractivity (Wildman–Crippen MR) is 85.7 cm³/mol. The summed E-state index contributed by atoms with van der Waals surface area (Å²) in [5.41, 5.74) is 6.27. The lowest BCUT2D eigenvalue weighted by Gasteiger charge is -2.14. The number of carbonyl (C=O) groups excluding carboxylic acids is 2. The Morgan fingerprint density at radius 3 is 2.57 bits per heavy atom. The van der Waals surface area contributed by atoms with Crippen molar-refractivity contribution in [1.82, 2.24) is 0 Å². The van der Waals surface area contributed by atoms with E-state index in [0.29, 0.717) is 29.5 Å². The van der Waals surface area contributed by atoms with Crippen molar-refractivity contribution in [1.29, 1.82) is 0 Å². The Labute approximate surface area is 129 Å². The van der Waals surface area contributed by atoms with Gasteiger partial charge in [-0.2, -0.15) is 0 Å². The van der Waals surface area contributed by atoms with Crippen molar-refractivity contribution in [3.05, 3.63) is 16.5 Å². The van der Waals surface area contributed by atoms with Gasteiger partial charge in [-0.1, -0.05) is 20.8 Å². The van der Waals surface area contributed by atoms with Crippen LogP contribution in [0, 0.1) is 5.92 Å². The second kappa shape index (κ2) is 8.14. The first kappa shape index (κ1) is 17.7. The average molecular weight is 312 g/mol. The molecule has 0 saturated heterocycles. The third kappa shape index (κ3) is 5.13. The highest BCUT2D eigenvalue weighted by Crippen LogP contribution is 2.29. The molecule has 0 fully saturated rings. The van der Waals surface area contributed by atoms with Gasteiger partial charge in [0.25, 0.3) is 0 Å². The summed E-state index contributed by atoms with van der Waals surface area (Å²) in [6.07, 6.45) is 1.40. The molecule has 21 heavy (non-hydrogen) atoms. The smallest absolute Gasteiger partial charge is 0.341 e. The Balaban J connectivity index is 2.88. The van der Waals surface area contributed by atoms with Gasteiger partial charge < -0.3 is 15.8 Å². The maximum atomic E-state index is 12.1. The van der Waals surface area contributed by atoms with Crippen molar-refractivity contribution in [3.8, 4) is 0 Å². The van der Waals surface area contributed by atoms with E-state index < -0.39 is 12.0 Å². The Bertz CT molecular complexity index is 497. The highest BCUT2D eigenvalue weighted by atomic mass is 32.1. The van der Waals surface area contributed by atoms with E-state index in [1.807, 2.05) is 20.8 Å². The van der Waals surface area contributed by atoms with Gasteiger partial charge in [0.05, 0.1) is 18.2 Å². The lowest BCUT2D eigenvalue weighted by Crippen LogP contribution is -2.36. The van der Waals surface area contributed by atoms with Gasteiger partial charge in [-0.05, 0) is 31.7 Å². The van der Waals surface area contributed by atoms with Crippen LogP contribution in [-0.2, 0) is 16.0 Å². The standard InChI is InChI=1S/C15H24N2O3S/c1-5-10-8-11(15(19)20-6-2)14(21-10)17-13(18)12(16)7-9(3)4/h8-9,12H,5-7,16H2,1-4H3,(H,17,18)/t12-/m0/s1. The fraction of sp³-hybridized carbons (Fsp3) is 0.600. The fourth-order valence-corrected chi connectivity index (χ4v) is 2.88. The first-order valence-corrected chi connectivity index (χ1v) is 8.06. The van der Waals surface area contributed by atoms with E-state index in [4.69, 9.17) is 10.5 Å². The molecule has 6 heteroatoms. The lowest BCUT2D eigenvalue weighted by molar-refractivity contribution is -0.117. The zero-order valence-electron chi connectivity index (χ0n) is 13.1. The summed E-state index contributed by atoms with van der Waals surface area (Å²) in [6, 6.07) is 1.19. The first-order chi connectivity index (χ1) is 9.88. The number of rotatable bonds is 7. The van der Waals surface area contributed by atoms with Crippen LogP contribution in [0.4, 0.5) is 5.00 Å². The monoisotopic (exact) mass is 312 g/mol. The summed E-state index contributed by atoms with van der Waals surface area (Å²) in [6.45, 7) is 8.07. The number of anilines is 1. The minimum absolute atomic E-state index is 0.265. The number of hydrogen-bond acceptors (Lipinski definition) is 5. The molecular weight excluding hydrogens is 288 g/mol. The van der Waals surface area contributed by atoms with Gasteiger partial charge in [0.2, 0.25) is 5.91 Å². The largest absolute Gasteiger partial charge is 0.462 e. The molecule has 3 N–H and O–H groups in total. The average Bonchev–Trinajstić information content (AvgIpc) is 2.81. The number of carbonyl (C=O) groups is 2. The Morgan fingerprint density at radius 2 is 2.05 bits per heavy atom. The van der Waals surface area contributed by atoms with Gasteiger partial charge in [0.15, 0.2) is 0 Å². The minimum Gasteiger partial charge on any atom is -0.462 e. The van der Waals surface area contributed by atoms with Crippen molar-refractivity contribution in [3.63, 3.8) is 0 Å². The van der Waals surface area contributed by atoms with E-state index in [0.717, 1.165) is 11.3 Å². The number of amides is 1.